The predicted molar refractivity (Wildman–Crippen MR) is 86.6 cm³/mol. The molecule has 0 aromatic carbocycles. The summed E-state index contributed by atoms with van der Waals surface area (Å²) in [6.07, 6.45) is 6.66. The van der Waals surface area contributed by atoms with Gasteiger partial charge in [-0.05, 0) is 19.3 Å². The van der Waals surface area contributed by atoms with Gasteiger partial charge in [-0.1, -0.05) is 0 Å². The van der Waals surface area contributed by atoms with E-state index in [9.17, 15) is 4.79 Å². The summed E-state index contributed by atoms with van der Waals surface area (Å²) in [5.41, 5.74) is 0.666. The second kappa shape index (κ2) is 6.35. The van der Waals surface area contributed by atoms with Crippen molar-refractivity contribution in [3.05, 3.63) is 12.5 Å². The Morgan fingerprint density at radius 2 is 2.33 bits per heavy atom. The van der Waals surface area contributed by atoms with E-state index in [1.165, 1.54) is 13.5 Å². The van der Waals surface area contributed by atoms with Crippen LogP contribution in [0.5, 0.6) is 0 Å². The highest BCUT2D eigenvalue weighted by Crippen LogP contribution is 2.34. The molecule has 0 bridgehead atoms. The number of carbonyl (C=O) groups excluding carboxylic acids is 1. The van der Waals surface area contributed by atoms with Gasteiger partial charge < -0.3 is 14.4 Å². The van der Waals surface area contributed by atoms with Crippen molar-refractivity contribution in [3.63, 3.8) is 0 Å². The van der Waals surface area contributed by atoms with Crippen molar-refractivity contribution in [1.82, 2.24) is 19.7 Å². The van der Waals surface area contributed by atoms with Crippen molar-refractivity contribution in [1.29, 1.82) is 0 Å². The first-order valence-corrected chi connectivity index (χ1v) is 8.35. The number of piperidine rings is 1. The smallest absolute Gasteiger partial charge is 0.327 e. The number of rotatable bonds is 3. The molecule has 128 valence electrons. The molecule has 8 nitrogen and oxygen atoms in total. The lowest BCUT2D eigenvalue weighted by Crippen LogP contribution is -2.50. The number of aromatic nitrogens is 4. The maximum atomic E-state index is 11.5. The van der Waals surface area contributed by atoms with E-state index in [2.05, 4.69) is 20.0 Å². The average molecular weight is 331 g/mol. The number of hydrogen-bond acceptors (Lipinski definition) is 7. The molecule has 2 atom stereocenters. The molecule has 2 aliphatic rings. The Morgan fingerprint density at radius 3 is 3.21 bits per heavy atom. The first-order valence-electron chi connectivity index (χ1n) is 8.35. The Balaban J connectivity index is 1.70. The van der Waals surface area contributed by atoms with Gasteiger partial charge in [0.15, 0.2) is 5.65 Å². The van der Waals surface area contributed by atoms with E-state index in [0.717, 1.165) is 43.8 Å². The zero-order chi connectivity index (χ0) is 16.5. The van der Waals surface area contributed by atoms with E-state index in [-0.39, 0.29) is 12.5 Å². The number of ether oxygens (including phenoxy) is 2. The summed E-state index contributed by atoms with van der Waals surface area (Å²) < 4.78 is 11.9. The molecular formula is C16H21N5O3. The molecule has 2 saturated heterocycles. The molecule has 0 radical (unpaired) electrons. The SMILES string of the molecule is COC(=O)Cn1ncc2c(N3CCCC4COCCC43)ncnc21. The van der Waals surface area contributed by atoms with Gasteiger partial charge in [0.05, 0.1) is 25.3 Å². The van der Waals surface area contributed by atoms with Crippen LogP contribution in [0.2, 0.25) is 0 Å². The Hall–Kier alpha value is -2.22. The number of anilines is 1. The Bertz CT molecular complexity index is 744. The second-order valence-corrected chi connectivity index (χ2v) is 6.34. The Labute approximate surface area is 139 Å². The molecule has 2 aromatic rings. The van der Waals surface area contributed by atoms with E-state index in [1.54, 1.807) is 17.2 Å². The second-order valence-electron chi connectivity index (χ2n) is 6.34. The predicted octanol–water partition coefficient (Wildman–Crippen LogP) is 1.00. The molecular weight excluding hydrogens is 310 g/mol. The van der Waals surface area contributed by atoms with Crippen LogP contribution in [0.15, 0.2) is 12.5 Å². The maximum absolute atomic E-state index is 11.5. The van der Waals surface area contributed by atoms with Crippen LogP contribution in [0.4, 0.5) is 5.82 Å². The standard InChI is InChI=1S/C16H21N5O3/c1-23-14(22)8-21-16-12(7-19-21)15(17-10-18-16)20-5-2-3-11-9-24-6-4-13(11)20/h7,10-11,13H,2-6,8-9H2,1H3. The number of esters is 1. The molecule has 2 aromatic heterocycles. The van der Waals surface area contributed by atoms with E-state index in [0.29, 0.717) is 17.6 Å². The minimum absolute atomic E-state index is 0.0519. The molecule has 2 aliphatic heterocycles. The molecule has 4 rings (SSSR count). The summed E-state index contributed by atoms with van der Waals surface area (Å²) in [4.78, 5) is 22.8. The van der Waals surface area contributed by atoms with Gasteiger partial charge in [0.25, 0.3) is 0 Å². The summed E-state index contributed by atoms with van der Waals surface area (Å²) in [5.74, 6) is 1.12. The highest BCUT2D eigenvalue weighted by molar-refractivity contribution is 5.87. The molecule has 2 fully saturated rings. The summed E-state index contributed by atoms with van der Waals surface area (Å²) in [6.45, 7) is 2.66. The van der Waals surface area contributed by atoms with Gasteiger partial charge in [-0.25, -0.2) is 14.6 Å². The van der Waals surface area contributed by atoms with Gasteiger partial charge in [0, 0.05) is 25.1 Å². The number of fused-ring (bicyclic) bond motifs is 2. The summed E-state index contributed by atoms with van der Waals surface area (Å²) in [7, 11) is 1.37. The highest BCUT2D eigenvalue weighted by Gasteiger charge is 2.35. The summed E-state index contributed by atoms with van der Waals surface area (Å²) in [6, 6.07) is 0.453. The molecule has 0 saturated carbocycles. The van der Waals surface area contributed by atoms with E-state index >= 15 is 0 Å². The third-order valence-corrected chi connectivity index (χ3v) is 5.00. The van der Waals surface area contributed by atoms with Crippen molar-refractivity contribution in [2.75, 3.05) is 31.8 Å². The molecule has 2 unspecified atom stereocenters. The summed E-state index contributed by atoms with van der Waals surface area (Å²) >= 11 is 0. The number of methoxy groups -OCH3 is 1. The Kier molecular flexibility index (Phi) is 4.05. The highest BCUT2D eigenvalue weighted by atomic mass is 16.5. The van der Waals surface area contributed by atoms with Gasteiger partial charge in [-0.2, -0.15) is 5.10 Å². The number of hydrogen-bond donors (Lipinski definition) is 0. The fraction of sp³-hybridized carbons (Fsp3) is 0.625. The maximum Gasteiger partial charge on any atom is 0.327 e. The molecule has 8 heteroatoms. The topological polar surface area (TPSA) is 82.4 Å². The average Bonchev–Trinajstić information content (AvgIpc) is 3.04. The summed E-state index contributed by atoms with van der Waals surface area (Å²) in [5, 5.41) is 5.19. The minimum atomic E-state index is -0.345. The largest absolute Gasteiger partial charge is 0.468 e. The third kappa shape index (κ3) is 2.60. The van der Waals surface area contributed by atoms with Crippen LogP contribution < -0.4 is 4.90 Å². The molecule has 24 heavy (non-hydrogen) atoms. The van der Waals surface area contributed by atoms with Crippen LogP contribution in [-0.2, 0) is 20.8 Å². The van der Waals surface area contributed by atoms with Gasteiger partial charge in [-0.15, -0.1) is 0 Å². The lowest BCUT2D eigenvalue weighted by molar-refractivity contribution is -0.141. The lowest BCUT2D eigenvalue weighted by atomic mass is 9.86. The van der Waals surface area contributed by atoms with Crippen LogP contribution in [0.25, 0.3) is 11.0 Å². The Morgan fingerprint density at radius 1 is 1.42 bits per heavy atom. The van der Waals surface area contributed by atoms with Gasteiger partial charge >= 0.3 is 5.97 Å². The minimum Gasteiger partial charge on any atom is -0.468 e. The van der Waals surface area contributed by atoms with Crippen molar-refractivity contribution in [3.8, 4) is 0 Å². The van der Waals surface area contributed by atoms with Crippen LogP contribution >= 0.6 is 0 Å². The first kappa shape index (κ1) is 15.3. The van der Waals surface area contributed by atoms with E-state index < -0.39 is 0 Å². The molecule has 0 amide bonds. The lowest BCUT2D eigenvalue weighted by Gasteiger charge is -2.44. The molecule has 0 N–H and O–H groups in total. The van der Waals surface area contributed by atoms with Crippen LogP contribution in [0, 0.1) is 5.92 Å². The fourth-order valence-corrected chi connectivity index (χ4v) is 3.84. The number of nitrogens with zero attached hydrogens (tertiary/aromatic N) is 5. The first-order chi connectivity index (χ1) is 11.8. The normalized spacial score (nSPS) is 24.0. The van der Waals surface area contributed by atoms with Crippen LogP contribution in [0.3, 0.4) is 0 Å². The molecule has 4 heterocycles. The van der Waals surface area contributed by atoms with Crippen LogP contribution in [-0.4, -0.2) is 58.6 Å². The van der Waals surface area contributed by atoms with Crippen molar-refractivity contribution >= 4 is 22.8 Å². The van der Waals surface area contributed by atoms with Crippen molar-refractivity contribution in [2.45, 2.75) is 31.8 Å². The monoisotopic (exact) mass is 331 g/mol. The van der Waals surface area contributed by atoms with Gasteiger partial charge in [-0.3, -0.25) is 4.79 Å². The van der Waals surface area contributed by atoms with E-state index in [4.69, 9.17) is 9.47 Å². The van der Waals surface area contributed by atoms with Gasteiger partial charge in [0.1, 0.15) is 18.7 Å². The quantitative estimate of drug-likeness (QED) is 0.776. The molecule has 0 spiro atoms. The van der Waals surface area contributed by atoms with Gasteiger partial charge in [0.2, 0.25) is 0 Å². The zero-order valence-electron chi connectivity index (χ0n) is 13.7. The van der Waals surface area contributed by atoms with Crippen molar-refractivity contribution < 1.29 is 14.3 Å². The molecule has 0 aliphatic carbocycles. The fourth-order valence-electron chi connectivity index (χ4n) is 3.84. The zero-order valence-corrected chi connectivity index (χ0v) is 13.7. The third-order valence-electron chi connectivity index (χ3n) is 5.00. The van der Waals surface area contributed by atoms with Crippen LogP contribution in [0.1, 0.15) is 19.3 Å². The van der Waals surface area contributed by atoms with Crippen molar-refractivity contribution in [2.24, 2.45) is 5.92 Å². The number of carbonyl (C=O) groups is 1. The van der Waals surface area contributed by atoms with E-state index in [1.807, 2.05) is 0 Å².